The highest BCUT2D eigenvalue weighted by molar-refractivity contribution is 6.30. The van der Waals surface area contributed by atoms with Crippen LogP contribution in [0.25, 0.3) is 0 Å². The van der Waals surface area contributed by atoms with Crippen LogP contribution in [0.4, 0.5) is 0 Å². The van der Waals surface area contributed by atoms with Crippen LogP contribution < -0.4 is 10.5 Å². The van der Waals surface area contributed by atoms with E-state index >= 15 is 0 Å². The van der Waals surface area contributed by atoms with E-state index in [4.69, 9.17) is 22.1 Å². The SMILES string of the molecule is COc1ccc(CN2CCC3(CCN(C(CC(N)=O)c4cccc(Cl)c4)CC3)C2=O)cc1.Cl. The number of primary amides is 1. The molecule has 0 saturated carbocycles. The van der Waals surface area contributed by atoms with E-state index in [1.165, 1.54) is 0 Å². The van der Waals surface area contributed by atoms with Crippen molar-refractivity contribution in [3.63, 3.8) is 0 Å². The summed E-state index contributed by atoms with van der Waals surface area (Å²) in [6, 6.07) is 15.4. The Labute approximate surface area is 206 Å². The molecule has 0 aliphatic carbocycles. The molecule has 8 heteroatoms. The molecule has 2 aliphatic rings. The van der Waals surface area contributed by atoms with Crippen LogP contribution in [0.3, 0.4) is 0 Å². The van der Waals surface area contributed by atoms with Crippen molar-refractivity contribution in [2.24, 2.45) is 11.1 Å². The first-order valence-electron chi connectivity index (χ1n) is 11.1. The first-order chi connectivity index (χ1) is 15.4. The zero-order valence-electron chi connectivity index (χ0n) is 18.8. The van der Waals surface area contributed by atoms with Gasteiger partial charge in [0.2, 0.25) is 11.8 Å². The highest BCUT2D eigenvalue weighted by Crippen LogP contribution is 2.44. The van der Waals surface area contributed by atoms with Gasteiger partial charge in [-0.3, -0.25) is 14.5 Å². The average Bonchev–Trinajstić information content (AvgIpc) is 3.08. The van der Waals surface area contributed by atoms with Gasteiger partial charge in [0.05, 0.1) is 12.5 Å². The van der Waals surface area contributed by atoms with Crippen LogP contribution in [0.1, 0.15) is 42.9 Å². The standard InChI is InChI=1S/C25H30ClN3O3.ClH/c1-32-21-7-5-18(6-8-21)17-29-14-11-25(24(29)31)9-12-28(13-10-25)22(16-23(27)30)19-3-2-4-20(26)15-19;/h2-8,15,22H,9-14,16-17H2,1H3,(H2,27,30);1H. The van der Waals surface area contributed by atoms with E-state index in [0.717, 1.165) is 55.8 Å². The first kappa shape index (κ1) is 25.3. The summed E-state index contributed by atoms with van der Waals surface area (Å²) in [6.45, 7) is 2.92. The minimum atomic E-state index is -0.335. The Morgan fingerprint density at radius 2 is 1.79 bits per heavy atom. The molecule has 0 bridgehead atoms. The van der Waals surface area contributed by atoms with E-state index in [-0.39, 0.29) is 42.1 Å². The van der Waals surface area contributed by atoms with Gasteiger partial charge in [-0.1, -0.05) is 35.9 Å². The van der Waals surface area contributed by atoms with Gasteiger partial charge < -0.3 is 15.4 Å². The summed E-state index contributed by atoms with van der Waals surface area (Å²) in [4.78, 5) is 29.4. The van der Waals surface area contributed by atoms with Crippen molar-refractivity contribution >= 4 is 35.8 Å². The molecule has 0 radical (unpaired) electrons. The topological polar surface area (TPSA) is 75.9 Å². The minimum Gasteiger partial charge on any atom is -0.497 e. The lowest BCUT2D eigenvalue weighted by Gasteiger charge is -2.41. The molecule has 1 spiro atoms. The molecule has 0 aromatic heterocycles. The summed E-state index contributed by atoms with van der Waals surface area (Å²) < 4.78 is 5.22. The number of hydrogen-bond acceptors (Lipinski definition) is 4. The van der Waals surface area contributed by atoms with Gasteiger partial charge in [0.15, 0.2) is 0 Å². The highest BCUT2D eigenvalue weighted by Gasteiger charge is 2.48. The zero-order valence-corrected chi connectivity index (χ0v) is 20.4. The van der Waals surface area contributed by atoms with Crippen molar-refractivity contribution in [2.75, 3.05) is 26.7 Å². The van der Waals surface area contributed by atoms with Crippen LogP contribution in [-0.4, -0.2) is 48.4 Å². The number of benzene rings is 2. The monoisotopic (exact) mass is 491 g/mol. The summed E-state index contributed by atoms with van der Waals surface area (Å²) >= 11 is 6.19. The van der Waals surface area contributed by atoms with Crippen LogP contribution in [0.5, 0.6) is 5.75 Å². The Morgan fingerprint density at radius 1 is 1.12 bits per heavy atom. The van der Waals surface area contributed by atoms with E-state index in [1.807, 2.05) is 53.4 Å². The van der Waals surface area contributed by atoms with Crippen LogP contribution in [0.2, 0.25) is 5.02 Å². The Bertz CT molecular complexity index is 975. The number of piperidine rings is 1. The maximum Gasteiger partial charge on any atom is 0.229 e. The highest BCUT2D eigenvalue weighted by atomic mass is 35.5. The summed E-state index contributed by atoms with van der Waals surface area (Å²) in [5, 5.41) is 0.644. The number of hydrogen-bond donors (Lipinski definition) is 1. The summed E-state index contributed by atoms with van der Waals surface area (Å²) in [7, 11) is 1.65. The number of halogens is 2. The molecule has 2 fully saturated rings. The minimum absolute atomic E-state index is 0. The van der Waals surface area contributed by atoms with Gasteiger partial charge in [-0.05, 0) is 67.7 Å². The van der Waals surface area contributed by atoms with Gasteiger partial charge >= 0.3 is 0 Å². The number of nitrogens with zero attached hydrogens (tertiary/aromatic N) is 2. The molecule has 4 rings (SSSR count). The van der Waals surface area contributed by atoms with Crippen molar-refractivity contribution in [1.82, 2.24) is 9.80 Å². The zero-order chi connectivity index (χ0) is 22.7. The van der Waals surface area contributed by atoms with Crippen LogP contribution in [0, 0.1) is 5.41 Å². The van der Waals surface area contributed by atoms with E-state index in [0.29, 0.717) is 11.6 Å². The maximum atomic E-state index is 13.4. The predicted molar refractivity (Wildman–Crippen MR) is 132 cm³/mol. The normalized spacial score (nSPS) is 18.7. The maximum absolute atomic E-state index is 13.4. The predicted octanol–water partition coefficient (Wildman–Crippen LogP) is 4.20. The van der Waals surface area contributed by atoms with E-state index < -0.39 is 0 Å². The first-order valence-corrected chi connectivity index (χ1v) is 11.5. The Balaban J connectivity index is 0.00000306. The molecule has 2 amide bonds. The Kier molecular flexibility index (Phi) is 8.27. The molecule has 1 atom stereocenters. The van der Waals surface area contributed by atoms with Crippen molar-refractivity contribution in [2.45, 2.75) is 38.3 Å². The van der Waals surface area contributed by atoms with Gasteiger partial charge in [0, 0.05) is 30.6 Å². The number of rotatable bonds is 7. The number of likely N-dealkylation sites (tertiary alicyclic amines) is 2. The van der Waals surface area contributed by atoms with Crippen LogP contribution in [0.15, 0.2) is 48.5 Å². The van der Waals surface area contributed by atoms with Gasteiger partial charge in [-0.15, -0.1) is 12.4 Å². The van der Waals surface area contributed by atoms with Gasteiger partial charge in [-0.25, -0.2) is 0 Å². The Morgan fingerprint density at radius 3 is 2.39 bits per heavy atom. The lowest BCUT2D eigenvalue weighted by Crippen LogP contribution is -2.46. The number of carbonyl (C=O) groups excluding carboxylic acids is 2. The molecule has 2 heterocycles. The number of amides is 2. The molecule has 1 unspecified atom stereocenters. The summed E-state index contributed by atoms with van der Waals surface area (Å²) in [6.07, 6.45) is 2.71. The average molecular weight is 492 g/mol. The van der Waals surface area contributed by atoms with E-state index in [1.54, 1.807) is 7.11 Å². The van der Waals surface area contributed by atoms with Crippen LogP contribution >= 0.6 is 24.0 Å². The quantitative estimate of drug-likeness (QED) is 0.629. The van der Waals surface area contributed by atoms with Gasteiger partial charge in [-0.2, -0.15) is 0 Å². The molecule has 2 aromatic rings. The second-order valence-electron chi connectivity index (χ2n) is 8.88. The molecular formula is C25H31Cl2N3O3. The second-order valence-corrected chi connectivity index (χ2v) is 9.32. The fourth-order valence-electron chi connectivity index (χ4n) is 5.08. The smallest absolute Gasteiger partial charge is 0.229 e. The van der Waals surface area contributed by atoms with Crippen molar-refractivity contribution in [1.29, 1.82) is 0 Å². The van der Waals surface area contributed by atoms with Gasteiger partial charge in [0.1, 0.15) is 5.75 Å². The Hall–Kier alpha value is -2.28. The van der Waals surface area contributed by atoms with Crippen molar-refractivity contribution in [3.8, 4) is 5.75 Å². The van der Waals surface area contributed by atoms with Crippen molar-refractivity contribution in [3.05, 3.63) is 64.7 Å². The largest absolute Gasteiger partial charge is 0.497 e. The third kappa shape index (κ3) is 5.62. The summed E-state index contributed by atoms with van der Waals surface area (Å²) in [5.41, 5.74) is 7.36. The molecular weight excluding hydrogens is 461 g/mol. The number of carbonyl (C=O) groups is 2. The number of ether oxygens (including phenoxy) is 1. The molecule has 2 saturated heterocycles. The third-order valence-corrected chi connectivity index (χ3v) is 7.19. The third-order valence-electron chi connectivity index (χ3n) is 6.96. The fourth-order valence-corrected chi connectivity index (χ4v) is 5.28. The molecule has 2 N–H and O–H groups in total. The lowest BCUT2D eigenvalue weighted by molar-refractivity contribution is -0.139. The van der Waals surface area contributed by atoms with Gasteiger partial charge in [0.25, 0.3) is 0 Å². The molecule has 178 valence electrons. The van der Waals surface area contributed by atoms with E-state index in [9.17, 15) is 9.59 Å². The lowest BCUT2D eigenvalue weighted by atomic mass is 9.76. The fraction of sp³-hybridized carbons (Fsp3) is 0.440. The van der Waals surface area contributed by atoms with Crippen LogP contribution in [-0.2, 0) is 16.1 Å². The molecule has 2 aliphatic heterocycles. The molecule has 33 heavy (non-hydrogen) atoms. The number of methoxy groups -OCH3 is 1. The van der Waals surface area contributed by atoms with E-state index in [2.05, 4.69) is 4.90 Å². The second kappa shape index (κ2) is 10.8. The molecule has 2 aromatic carbocycles. The molecule has 6 nitrogen and oxygen atoms in total. The summed E-state index contributed by atoms with van der Waals surface area (Å²) in [5.74, 6) is 0.732. The number of nitrogens with two attached hydrogens (primary N) is 1. The van der Waals surface area contributed by atoms with Crippen molar-refractivity contribution < 1.29 is 14.3 Å².